The number of nitrogens with two attached hydrogens (primary N) is 1. The minimum Gasteiger partial charge on any atom is -0.323 e. The van der Waals surface area contributed by atoms with Crippen LogP contribution in [0.25, 0.3) is 0 Å². The predicted octanol–water partition coefficient (Wildman–Crippen LogP) is -0.857. The molecule has 0 rings (SSSR count). The van der Waals surface area contributed by atoms with E-state index in [1.54, 1.807) is 0 Å². The highest BCUT2D eigenvalue weighted by atomic mass is 15.0. The maximum Gasteiger partial charge on any atom is 0.0378 e. The summed E-state index contributed by atoms with van der Waals surface area (Å²) in [6, 6.07) is 0. The van der Waals surface area contributed by atoms with Gasteiger partial charge in [-0.1, -0.05) is 0 Å². The van der Waals surface area contributed by atoms with Gasteiger partial charge in [0.05, 0.1) is 0 Å². The lowest BCUT2D eigenvalue weighted by Gasteiger charge is -2.23. The van der Waals surface area contributed by atoms with Crippen molar-refractivity contribution in [3.63, 3.8) is 0 Å². The summed E-state index contributed by atoms with van der Waals surface area (Å²) in [5.74, 6) is 0. The van der Waals surface area contributed by atoms with Crippen LogP contribution in [0, 0.1) is 0 Å². The van der Waals surface area contributed by atoms with Crippen LogP contribution in [0.5, 0.6) is 0 Å². The van der Waals surface area contributed by atoms with Crippen molar-refractivity contribution in [2.24, 2.45) is 5.73 Å². The monoisotopic (exact) mass is 131 g/mol. The van der Waals surface area contributed by atoms with E-state index in [0.29, 0.717) is 0 Å². The van der Waals surface area contributed by atoms with Gasteiger partial charge < -0.3 is 16.4 Å². The van der Waals surface area contributed by atoms with Crippen LogP contribution in [0.1, 0.15) is 6.92 Å². The lowest BCUT2D eigenvalue weighted by Crippen LogP contribution is -2.51. The molecular formula is C6H17N3. The second-order valence-electron chi connectivity index (χ2n) is 2.71. The van der Waals surface area contributed by atoms with Crippen LogP contribution in [0.15, 0.2) is 0 Å². The zero-order chi connectivity index (χ0) is 7.33. The SMILES string of the molecule is CNCC(C)(N)CNC. The molecule has 56 valence electrons. The fourth-order valence-corrected chi connectivity index (χ4v) is 0.870. The Morgan fingerprint density at radius 2 is 1.56 bits per heavy atom. The van der Waals surface area contributed by atoms with Gasteiger partial charge in [0.1, 0.15) is 0 Å². The molecule has 4 N–H and O–H groups in total. The first-order valence-electron chi connectivity index (χ1n) is 3.20. The van der Waals surface area contributed by atoms with Crippen LogP contribution in [0.2, 0.25) is 0 Å². The highest BCUT2D eigenvalue weighted by molar-refractivity contribution is 4.81. The summed E-state index contributed by atoms with van der Waals surface area (Å²) in [4.78, 5) is 0. The summed E-state index contributed by atoms with van der Waals surface area (Å²) in [6.45, 7) is 3.70. The largest absolute Gasteiger partial charge is 0.323 e. The Kier molecular flexibility index (Phi) is 3.77. The molecule has 0 atom stereocenters. The predicted molar refractivity (Wildman–Crippen MR) is 40.4 cm³/mol. The van der Waals surface area contributed by atoms with Crippen molar-refractivity contribution in [2.45, 2.75) is 12.5 Å². The Morgan fingerprint density at radius 3 is 1.78 bits per heavy atom. The Hall–Kier alpha value is -0.120. The van der Waals surface area contributed by atoms with Gasteiger partial charge in [0.15, 0.2) is 0 Å². The molecule has 0 radical (unpaired) electrons. The maximum absolute atomic E-state index is 5.81. The van der Waals surface area contributed by atoms with E-state index in [1.165, 1.54) is 0 Å². The Balaban J connectivity index is 3.43. The molecule has 0 aromatic rings. The molecule has 0 unspecified atom stereocenters. The second-order valence-corrected chi connectivity index (χ2v) is 2.71. The molecule has 0 amide bonds. The molecule has 0 bridgehead atoms. The zero-order valence-electron chi connectivity index (χ0n) is 6.49. The summed E-state index contributed by atoms with van der Waals surface area (Å²) in [6.07, 6.45) is 0. The molecule has 0 spiro atoms. The summed E-state index contributed by atoms with van der Waals surface area (Å²) >= 11 is 0. The van der Waals surface area contributed by atoms with Crippen LogP contribution < -0.4 is 16.4 Å². The van der Waals surface area contributed by atoms with Crippen molar-refractivity contribution < 1.29 is 0 Å². The van der Waals surface area contributed by atoms with Gasteiger partial charge in [0.25, 0.3) is 0 Å². The molecular weight excluding hydrogens is 114 g/mol. The van der Waals surface area contributed by atoms with Gasteiger partial charge in [-0.15, -0.1) is 0 Å². The van der Waals surface area contributed by atoms with Gasteiger partial charge in [-0.25, -0.2) is 0 Å². The van der Waals surface area contributed by atoms with Gasteiger partial charge >= 0.3 is 0 Å². The standard InChI is InChI=1S/C6H17N3/c1-6(7,4-8-2)5-9-3/h8-9H,4-5,7H2,1-3H3. The number of hydrogen-bond acceptors (Lipinski definition) is 3. The van der Waals surface area contributed by atoms with E-state index in [4.69, 9.17) is 5.73 Å². The van der Waals surface area contributed by atoms with E-state index in [0.717, 1.165) is 13.1 Å². The van der Waals surface area contributed by atoms with Crippen molar-refractivity contribution >= 4 is 0 Å². The molecule has 0 aliphatic carbocycles. The van der Waals surface area contributed by atoms with Crippen molar-refractivity contribution in [3.05, 3.63) is 0 Å². The topological polar surface area (TPSA) is 50.1 Å². The van der Waals surface area contributed by atoms with E-state index in [1.807, 2.05) is 21.0 Å². The molecule has 0 aromatic carbocycles. The molecule has 0 fully saturated rings. The van der Waals surface area contributed by atoms with Crippen LogP contribution in [0.3, 0.4) is 0 Å². The average molecular weight is 131 g/mol. The van der Waals surface area contributed by atoms with Gasteiger partial charge in [-0.2, -0.15) is 0 Å². The van der Waals surface area contributed by atoms with Crippen LogP contribution in [-0.4, -0.2) is 32.7 Å². The fourth-order valence-electron chi connectivity index (χ4n) is 0.870. The molecule has 9 heavy (non-hydrogen) atoms. The molecule has 0 aromatic heterocycles. The first-order valence-corrected chi connectivity index (χ1v) is 3.20. The van der Waals surface area contributed by atoms with Crippen LogP contribution in [0.4, 0.5) is 0 Å². The lowest BCUT2D eigenvalue weighted by atomic mass is 10.1. The van der Waals surface area contributed by atoms with Gasteiger partial charge in [0.2, 0.25) is 0 Å². The zero-order valence-corrected chi connectivity index (χ0v) is 6.49. The third-order valence-electron chi connectivity index (χ3n) is 1.16. The molecule has 0 aliphatic heterocycles. The summed E-state index contributed by atoms with van der Waals surface area (Å²) in [7, 11) is 3.81. The van der Waals surface area contributed by atoms with Gasteiger partial charge in [0, 0.05) is 18.6 Å². The average Bonchev–Trinajstić information content (AvgIpc) is 1.64. The highest BCUT2D eigenvalue weighted by Crippen LogP contribution is 1.92. The number of nitrogens with one attached hydrogen (secondary N) is 2. The Labute approximate surface area is 57.0 Å². The first-order chi connectivity index (χ1) is 4.12. The van der Waals surface area contributed by atoms with Crippen molar-refractivity contribution in [3.8, 4) is 0 Å². The maximum atomic E-state index is 5.81. The molecule has 3 heteroatoms. The quantitative estimate of drug-likeness (QED) is 0.465. The van der Waals surface area contributed by atoms with Crippen molar-refractivity contribution in [1.82, 2.24) is 10.6 Å². The van der Waals surface area contributed by atoms with E-state index >= 15 is 0 Å². The Morgan fingerprint density at radius 1 is 1.22 bits per heavy atom. The first kappa shape index (κ1) is 8.88. The smallest absolute Gasteiger partial charge is 0.0378 e. The minimum atomic E-state index is -0.122. The Bertz CT molecular complexity index is 62.7. The third kappa shape index (κ3) is 4.39. The molecule has 0 heterocycles. The van der Waals surface area contributed by atoms with Crippen LogP contribution >= 0.6 is 0 Å². The number of likely N-dealkylation sites (N-methyl/N-ethyl adjacent to an activating group) is 2. The summed E-state index contributed by atoms with van der Waals surface area (Å²) < 4.78 is 0. The third-order valence-corrected chi connectivity index (χ3v) is 1.16. The normalized spacial score (nSPS) is 12.0. The van der Waals surface area contributed by atoms with Crippen molar-refractivity contribution in [2.75, 3.05) is 27.2 Å². The molecule has 0 aliphatic rings. The summed E-state index contributed by atoms with van der Waals surface area (Å²) in [5.41, 5.74) is 5.69. The van der Waals surface area contributed by atoms with E-state index in [-0.39, 0.29) is 5.54 Å². The lowest BCUT2D eigenvalue weighted by molar-refractivity contribution is 0.428. The molecule has 0 saturated heterocycles. The van der Waals surface area contributed by atoms with E-state index < -0.39 is 0 Å². The van der Waals surface area contributed by atoms with Crippen molar-refractivity contribution in [1.29, 1.82) is 0 Å². The number of rotatable bonds is 4. The van der Waals surface area contributed by atoms with E-state index in [2.05, 4.69) is 10.6 Å². The van der Waals surface area contributed by atoms with E-state index in [9.17, 15) is 0 Å². The van der Waals surface area contributed by atoms with Gasteiger partial charge in [-0.05, 0) is 21.0 Å². The van der Waals surface area contributed by atoms with Crippen LogP contribution in [-0.2, 0) is 0 Å². The second kappa shape index (κ2) is 3.82. The number of hydrogen-bond donors (Lipinski definition) is 3. The molecule has 3 nitrogen and oxygen atoms in total. The fraction of sp³-hybridized carbons (Fsp3) is 1.00. The summed E-state index contributed by atoms with van der Waals surface area (Å²) in [5, 5.41) is 6.06. The highest BCUT2D eigenvalue weighted by Gasteiger charge is 2.14. The minimum absolute atomic E-state index is 0.122. The molecule has 0 saturated carbocycles. The van der Waals surface area contributed by atoms with Gasteiger partial charge in [-0.3, -0.25) is 0 Å².